The van der Waals surface area contributed by atoms with E-state index in [1.165, 1.54) is 12.1 Å². The van der Waals surface area contributed by atoms with Crippen molar-refractivity contribution < 1.29 is 18.7 Å². The molecule has 0 bridgehead atoms. The molecule has 0 fully saturated rings. The van der Waals surface area contributed by atoms with Gasteiger partial charge in [-0.3, -0.25) is 9.59 Å². The second-order valence-corrected chi connectivity index (χ2v) is 3.55. The number of nitrogen functional groups attached to an aromatic ring is 1. The summed E-state index contributed by atoms with van der Waals surface area (Å²) in [5.74, 6) is -1.36. The number of benzene rings is 1. The second-order valence-electron chi connectivity index (χ2n) is 3.55. The Morgan fingerprint density at radius 3 is 2.78 bits per heavy atom. The fraction of sp³-hybridized carbons (Fsp3) is 0.333. The highest BCUT2D eigenvalue weighted by Gasteiger charge is 2.08. The first-order valence-corrected chi connectivity index (χ1v) is 5.53. The van der Waals surface area contributed by atoms with E-state index >= 15 is 0 Å². The maximum Gasteiger partial charge on any atom is 0.307 e. The Morgan fingerprint density at radius 2 is 2.17 bits per heavy atom. The molecule has 18 heavy (non-hydrogen) atoms. The van der Waals surface area contributed by atoms with Crippen molar-refractivity contribution in [3.05, 3.63) is 29.6 Å². The van der Waals surface area contributed by atoms with Gasteiger partial charge in [-0.15, -0.1) is 0 Å². The summed E-state index contributed by atoms with van der Waals surface area (Å²) in [6.07, 6.45) is 0.0935. The lowest BCUT2D eigenvalue weighted by molar-refractivity contribution is -0.142. The molecule has 98 valence electrons. The lowest BCUT2D eigenvalue weighted by atomic mass is 10.2. The maximum atomic E-state index is 12.9. The zero-order chi connectivity index (χ0) is 13.5. The largest absolute Gasteiger partial charge is 0.466 e. The molecule has 0 atom stereocenters. The monoisotopic (exact) mass is 254 g/mol. The lowest BCUT2D eigenvalue weighted by Crippen LogP contribution is -2.26. The van der Waals surface area contributed by atoms with Gasteiger partial charge in [0.15, 0.2) is 0 Å². The number of halogens is 1. The number of hydrogen-bond donors (Lipinski definition) is 2. The van der Waals surface area contributed by atoms with Crippen molar-refractivity contribution in [1.29, 1.82) is 0 Å². The highest BCUT2D eigenvalue weighted by Crippen LogP contribution is 2.11. The number of rotatable bonds is 5. The molecule has 0 spiro atoms. The summed E-state index contributed by atoms with van der Waals surface area (Å²) in [6, 6.07) is 3.69. The van der Waals surface area contributed by atoms with Gasteiger partial charge in [0, 0.05) is 12.1 Å². The van der Waals surface area contributed by atoms with Crippen molar-refractivity contribution in [2.24, 2.45) is 0 Å². The molecular formula is C12H15FN2O3. The summed E-state index contributed by atoms with van der Waals surface area (Å²) in [6.45, 7) is 2.17. The van der Waals surface area contributed by atoms with Crippen LogP contribution in [-0.2, 0) is 9.53 Å². The van der Waals surface area contributed by atoms with Crippen LogP contribution in [0.4, 0.5) is 10.1 Å². The molecule has 1 amide bonds. The number of ether oxygens (including phenoxy) is 1. The van der Waals surface area contributed by atoms with Gasteiger partial charge >= 0.3 is 5.97 Å². The third-order valence-electron chi connectivity index (χ3n) is 2.18. The van der Waals surface area contributed by atoms with Crippen molar-refractivity contribution >= 4 is 17.6 Å². The summed E-state index contributed by atoms with van der Waals surface area (Å²) in [7, 11) is 0. The zero-order valence-electron chi connectivity index (χ0n) is 10.0. The van der Waals surface area contributed by atoms with Gasteiger partial charge in [-0.05, 0) is 25.1 Å². The first kappa shape index (κ1) is 14.0. The van der Waals surface area contributed by atoms with E-state index in [1.54, 1.807) is 6.92 Å². The van der Waals surface area contributed by atoms with Gasteiger partial charge in [-0.25, -0.2) is 4.39 Å². The minimum Gasteiger partial charge on any atom is -0.466 e. The number of carbonyl (C=O) groups excluding carboxylic acids is 2. The molecule has 0 saturated carbocycles. The van der Waals surface area contributed by atoms with Crippen molar-refractivity contribution in [3.8, 4) is 0 Å². The topological polar surface area (TPSA) is 81.4 Å². The van der Waals surface area contributed by atoms with Crippen LogP contribution in [0.25, 0.3) is 0 Å². The molecule has 0 aliphatic carbocycles. The third kappa shape index (κ3) is 4.04. The van der Waals surface area contributed by atoms with Gasteiger partial charge in [0.1, 0.15) is 5.82 Å². The molecule has 0 aliphatic heterocycles. The van der Waals surface area contributed by atoms with E-state index in [0.717, 1.165) is 6.07 Å². The van der Waals surface area contributed by atoms with Gasteiger partial charge in [-0.2, -0.15) is 0 Å². The van der Waals surface area contributed by atoms with Gasteiger partial charge in [0.2, 0.25) is 0 Å². The number of esters is 1. The quantitative estimate of drug-likeness (QED) is 0.608. The van der Waals surface area contributed by atoms with Crippen LogP contribution in [0.3, 0.4) is 0 Å². The van der Waals surface area contributed by atoms with Crippen molar-refractivity contribution in [2.45, 2.75) is 13.3 Å². The molecule has 0 unspecified atom stereocenters. The molecule has 0 aromatic heterocycles. The lowest BCUT2D eigenvalue weighted by Gasteiger charge is -2.06. The number of carbonyl (C=O) groups is 2. The van der Waals surface area contributed by atoms with Gasteiger partial charge in [0.05, 0.1) is 18.7 Å². The highest BCUT2D eigenvalue weighted by atomic mass is 19.1. The average molecular weight is 254 g/mol. The Balaban J connectivity index is 2.45. The predicted molar refractivity (Wildman–Crippen MR) is 64.4 cm³/mol. The molecule has 3 N–H and O–H groups in total. The SMILES string of the molecule is CCOC(=O)CCNC(=O)c1ccc(F)c(N)c1. The molecule has 0 radical (unpaired) electrons. The molecule has 0 saturated heterocycles. The van der Waals surface area contributed by atoms with Gasteiger partial charge in [0.25, 0.3) is 5.91 Å². The number of nitrogens with two attached hydrogens (primary N) is 1. The molecule has 1 aromatic rings. The van der Waals surface area contributed by atoms with Gasteiger partial charge in [-0.1, -0.05) is 0 Å². The van der Waals surface area contributed by atoms with Crippen molar-refractivity contribution in [3.63, 3.8) is 0 Å². The molecule has 6 heteroatoms. The second kappa shape index (κ2) is 6.58. The van der Waals surface area contributed by atoms with E-state index in [4.69, 9.17) is 10.5 Å². The molecule has 0 aliphatic rings. The first-order chi connectivity index (χ1) is 8.54. The van der Waals surface area contributed by atoms with Crippen LogP contribution in [0.2, 0.25) is 0 Å². The molecule has 0 heterocycles. The standard InChI is InChI=1S/C12H15FN2O3/c1-2-18-11(16)5-6-15-12(17)8-3-4-9(13)10(14)7-8/h3-4,7H,2,5-6,14H2,1H3,(H,15,17). The highest BCUT2D eigenvalue weighted by molar-refractivity contribution is 5.95. The molecule has 5 nitrogen and oxygen atoms in total. The van der Waals surface area contributed by atoms with Crippen LogP contribution in [0.1, 0.15) is 23.7 Å². The number of nitrogens with one attached hydrogen (secondary N) is 1. The van der Waals surface area contributed by atoms with Gasteiger partial charge < -0.3 is 15.8 Å². The van der Waals surface area contributed by atoms with Crippen LogP contribution < -0.4 is 11.1 Å². The summed E-state index contributed by atoms with van der Waals surface area (Å²) < 4.78 is 17.6. The maximum absolute atomic E-state index is 12.9. The van der Waals surface area contributed by atoms with Crippen LogP contribution in [0.5, 0.6) is 0 Å². The average Bonchev–Trinajstić information content (AvgIpc) is 2.33. The van der Waals surface area contributed by atoms with E-state index in [0.29, 0.717) is 6.61 Å². The van der Waals surface area contributed by atoms with E-state index in [1.807, 2.05) is 0 Å². The molecular weight excluding hydrogens is 239 g/mol. The Morgan fingerprint density at radius 1 is 1.44 bits per heavy atom. The van der Waals surface area contributed by atoms with Crippen LogP contribution >= 0.6 is 0 Å². The Hall–Kier alpha value is -2.11. The summed E-state index contributed by atoms with van der Waals surface area (Å²) in [4.78, 5) is 22.6. The minimum atomic E-state index is -0.571. The zero-order valence-corrected chi connectivity index (χ0v) is 10.0. The van der Waals surface area contributed by atoms with Crippen molar-refractivity contribution in [1.82, 2.24) is 5.32 Å². The smallest absolute Gasteiger partial charge is 0.307 e. The molecule has 1 aromatic carbocycles. The summed E-state index contributed by atoms with van der Waals surface area (Å²) >= 11 is 0. The van der Waals surface area contributed by atoms with Crippen LogP contribution in [-0.4, -0.2) is 25.0 Å². The molecule has 1 rings (SSSR count). The van der Waals surface area contributed by atoms with E-state index in [2.05, 4.69) is 5.32 Å². The fourth-order valence-corrected chi connectivity index (χ4v) is 1.30. The minimum absolute atomic E-state index is 0.0898. The first-order valence-electron chi connectivity index (χ1n) is 5.53. The van der Waals surface area contributed by atoms with Crippen molar-refractivity contribution in [2.75, 3.05) is 18.9 Å². The van der Waals surface area contributed by atoms with Crippen LogP contribution in [0.15, 0.2) is 18.2 Å². The van der Waals surface area contributed by atoms with E-state index in [-0.39, 0.29) is 30.2 Å². The number of anilines is 1. The Kier molecular flexibility index (Phi) is 5.10. The summed E-state index contributed by atoms with van der Waals surface area (Å²) in [5.41, 5.74) is 5.50. The Bertz CT molecular complexity index is 449. The van der Waals surface area contributed by atoms with Crippen LogP contribution in [0, 0.1) is 5.82 Å². The fourth-order valence-electron chi connectivity index (χ4n) is 1.30. The number of amides is 1. The Labute approximate surface area is 104 Å². The normalized spacial score (nSPS) is 9.89. The van der Waals surface area contributed by atoms with E-state index < -0.39 is 11.7 Å². The predicted octanol–water partition coefficient (Wildman–Crippen LogP) is 1.09. The number of hydrogen-bond acceptors (Lipinski definition) is 4. The van der Waals surface area contributed by atoms with E-state index in [9.17, 15) is 14.0 Å². The summed E-state index contributed by atoms with van der Waals surface area (Å²) in [5, 5.41) is 2.52. The third-order valence-corrected chi connectivity index (χ3v) is 2.18.